The minimum absolute atomic E-state index is 0.333. The van der Waals surface area contributed by atoms with Crippen molar-refractivity contribution in [2.75, 3.05) is 48.8 Å². The van der Waals surface area contributed by atoms with Crippen molar-refractivity contribution in [1.82, 2.24) is 14.9 Å². The summed E-state index contributed by atoms with van der Waals surface area (Å²) >= 11 is 0. The van der Waals surface area contributed by atoms with E-state index < -0.39 is 5.91 Å². The number of primary amides is 1. The number of aromatic nitrogens is 2. The smallest absolute Gasteiger partial charge is 0.252 e. The molecule has 1 fully saturated rings. The Kier molecular flexibility index (Phi) is 6.51. The lowest BCUT2D eigenvalue weighted by Crippen LogP contribution is -2.44. The first kappa shape index (κ1) is 21.6. The van der Waals surface area contributed by atoms with E-state index in [-0.39, 0.29) is 0 Å². The van der Waals surface area contributed by atoms with Crippen LogP contribution >= 0.6 is 0 Å². The molecule has 0 radical (unpaired) electrons. The average molecular weight is 432 g/mol. The minimum atomic E-state index is -0.532. The summed E-state index contributed by atoms with van der Waals surface area (Å²) in [6.07, 6.45) is 4.23. The number of nitrogens with zero attached hydrogens (tertiary/aromatic N) is 4. The number of likely N-dealkylation sites (N-methyl/N-ethyl adjacent to an activating group) is 1. The Morgan fingerprint density at radius 3 is 2.41 bits per heavy atom. The molecule has 0 spiro atoms. The summed E-state index contributed by atoms with van der Waals surface area (Å²) in [6, 6.07) is 13.8. The molecule has 0 unspecified atom stereocenters. The van der Waals surface area contributed by atoms with Gasteiger partial charge in [-0.3, -0.25) is 4.79 Å². The van der Waals surface area contributed by atoms with E-state index >= 15 is 0 Å². The second-order valence-electron chi connectivity index (χ2n) is 7.93. The van der Waals surface area contributed by atoms with Crippen LogP contribution in [0.3, 0.4) is 0 Å². The summed E-state index contributed by atoms with van der Waals surface area (Å²) in [5, 5.41) is 6.56. The Morgan fingerprint density at radius 1 is 0.969 bits per heavy atom. The largest absolute Gasteiger partial charge is 0.368 e. The van der Waals surface area contributed by atoms with Crippen molar-refractivity contribution in [3.8, 4) is 0 Å². The molecule has 3 heterocycles. The molecule has 2 aromatic heterocycles. The van der Waals surface area contributed by atoms with Crippen LogP contribution < -0.4 is 21.3 Å². The van der Waals surface area contributed by atoms with Crippen molar-refractivity contribution in [3.63, 3.8) is 0 Å². The van der Waals surface area contributed by atoms with Gasteiger partial charge in [0.2, 0.25) is 0 Å². The number of amides is 1. The molecule has 1 aromatic carbocycles. The van der Waals surface area contributed by atoms with Crippen LogP contribution in [0.5, 0.6) is 0 Å². The van der Waals surface area contributed by atoms with E-state index in [9.17, 15) is 4.79 Å². The molecule has 1 aliphatic heterocycles. The average Bonchev–Trinajstić information content (AvgIpc) is 2.80. The van der Waals surface area contributed by atoms with Gasteiger partial charge in [-0.2, -0.15) is 0 Å². The quantitative estimate of drug-likeness (QED) is 0.527. The third-order valence-corrected chi connectivity index (χ3v) is 5.71. The Balaban J connectivity index is 1.52. The molecule has 1 saturated heterocycles. The van der Waals surface area contributed by atoms with Crippen molar-refractivity contribution >= 4 is 34.6 Å². The number of nitrogens with one attached hydrogen (secondary N) is 2. The summed E-state index contributed by atoms with van der Waals surface area (Å²) in [5.41, 5.74) is 9.71. The van der Waals surface area contributed by atoms with Crippen LogP contribution in [0.25, 0.3) is 0 Å². The number of aryl methyl sites for hydroxylation is 1. The maximum Gasteiger partial charge on any atom is 0.252 e. The third-order valence-electron chi connectivity index (χ3n) is 5.71. The Morgan fingerprint density at radius 2 is 1.72 bits per heavy atom. The molecule has 4 N–H and O–H groups in total. The van der Waals surface area contributed by atoms with E-state index in [0.717, 1.165) is 49.5 Å². The first-order valence-electron chi connectivity index (χ1n) is 10.8. The fraction of sp³-hybridized carbons (Fsp3) is 0.292. The first-order chi connectivity index (χ1) is 15.5. The molecule has 0 aliphatic carbocycles. The van der Waals surface area contributed by atoms with Crippen LogP contribution in [0.2, 0.25) is 0 Å². The van der Waals surface area contributed by atoms with Crippen LogP contribution in [0, 0.1) is 0 Å². The molecule has 32 heavy (non-hydrogen) atoms. The molecule has 1 aliphatic rings. The first-order valence-corrected chi connectivity index (χ1v) is 10.8. The summed E-state index contributed by atoms with van der Waals surface area (Å²) in [7, 11) is 2.14. The second-order valence-corrected chi connectivity index (χ2v) is 7.93. The number of piperazine rings is 1. The van der Waals surface area contributed by atoms with Crippen LogP contribution in [0.1, 0.15) is 22.8 Å². The highest BCUT2D eigenvalue weighted by Crippen LogP contribution is 2.27. The van der Waals surface area contributed by atoms with Crippen LogP contribution in [-0.2, 0) is 6.42 Å². The van der Waals surface area contributed by atoms with Gasteiger partial charge in [0.05, 0.1) is 23.1 Å². The zero-order chi connectivity index (χ0) is 22.5. The van der Waals surface area contributed by atoms with Crippen molar-refractivity contribution < 1.29 is 4.79 Å². The van der Waals surface area contributed by atoms with E-state index in [0.29, 0.717) is 22.9 Å². The number of nitrogens with two attached hydrogens (primary N) is 1. The highest BCUT2D eigenvalue weighted by atomic mass is 16.1. The minimum Gasteiger partial charge on any atom is -0.368 e. The summed E-state index contributed by atoms with van der Waals surface area (Å²) in [4.78, 5) is 25.5. The molecule has 166 valence electrons. The number of hydrogen-bond acceptors (Lipinski definition) is 7. The number of carbonyl (C=O) groups is 1. The molecule has 0 bridgehead atoms. The van der Waals surface area contributed by atoms with Gasteiger partial charge >= 0.3 is 0 Å². The molecule has 0 saturated carbocycles. The molecule has 8 nitrogen and oxygen atoms in total. The SMILES string of the molecule is CCc1ccccc1Nc1cc(Nc2ccc(N3CCN(C)CC3)cn2)ncc1C(N)=O. The standard InChI is InChI=1S/C24H29N7O/c1-3-17-6-4-5-7-20(17)28-21-14-23(27-16-19(21)24(25)32)29-22-9-8-18(15-26-22)31-12-10-30(2)11-13-31/h4-9,14-16H,3,10-13H2,1-2H3,(H2,25,32)(H2,26,27,28,29). The Hall–Kier alpha value is -3.65. The van der Waals surface area contributed by atoms with E-state index in [1.165, 1.54) is 6.20 Å². The molecule has 0 atom stereocenters. The Labute approximate surface area is 188 Å². The predicted octanol–water partition coefficient (Wildman–Crippen LogP) is 3.38. The normalized spacial score (nSPS) is 14.2. The second kappa shape index (κ2) is 9.65. The van der Waals surface area contributed by atoms with Crippen LogP contribution in [-0.4, -0.2) is 54.0 Å². The Bertz CT molecular complexity index is 1080. The summed E-state index contributed by atoms with van der Waals surface area (Å²) < 4.78 is 0. The lowest BCUT2D eigenvalue weighted by Gasteiger charge is -2.33. The van der Waals surface area contributed by atoms with Gasteiger partial charge in [-0.25, -0.2) is 9.97 Å². The maximum absolute atomic E-state index is 11.9. The lowest BCUT2D eigenvalue weighted by molar-refractivity contribution is 0.100. The molecule has 3 aromatic rings. The molecule has 8 heteroatoms. The van der Waals surface area contributed by atoms with Crippen LogP contribution in [0.15, 0.2) is 54.9 Å². The van der Waals surface area contributed by atoms with Gasteiger partial charge in [0, 0.05) is 44.1 Å². The fourth-order valence-corrected chi connectivity index (χ4v) is 3.76. The molecule has 1 amide bonds. The lowest BCUT2D eigenvalue weighted by atomic mass is 10.1. The summed E-state index contributed by atoms with van der Waals surface area (Å²) in [6.45, 7) is 6.18. The monoisotopic (exact) mass is 431 g/mol. The highest BCUT2D eigenvalue weighted by molar-refractivity contribution is 5.99. The highest BCUT2D eigenvalue weighted by Gasteiger charge is 2.15. The topological polar surface area (TPSA) is 99.4 Å². The van der Waals surface area contributed by atoms with E-state index in [1.807, 2.05) is 30.5 Å². The van der Waals surface area contributed by atoms with E-state index in [2.05, 4.69) is 56.5 Å². The zero-order valence-electron chi connectivity index (χ0n) is 18.5. The third kappa shape index (κ3) is 4.97. The van der Waals surface area contributed by atoms with Crippen molar-refractivity contribution in [3.05, 3.63) is 66.0 Å². The number of pyridine rings is 2. The van der Waals surface area contributed by atoms with Crippen LogP contribution in [0.4, 0.5) is 28.7 Å². The number of carbonyl (C=O) groups excluding carboxylic acids is 1. The fourth-order valence-electron chi connectivity index (χ4n) is 3.76. The molecular formula is C24H29N7O. The maximum atomic E-state index is 11.9. The van der Waals surface area contributed by atoms with Gasteiger partial charge < -0.3 is 26.2 Å². The number of anilines is 5. The van der Waals surface area contributed by atoms with E-state index in [4.69, 9.17) is 5.73 Å². The number of rotatable bonds is 7. The number of benzene rings is 1. The van der Waals surface area contributed by atoms with Gasteiger partial charge in [0.15, 0.2) is 0 Å². The van der Waals surface area contributed by atoms with Crippen molar-refractivity contribution in [1.29, 1.82) is 0 Å². The predicted molar refractivity (Wildman–Crippen MR) is 129 cm³/mol. The number of para-hydroxylation sites is 1. The van der Waals surface area contributed by atoms with E-state index in [1.54, 1.807) is 6.07 Å². The van der Waals surface area contributed by atoms with Gasteiger partial charge in [-0.05, 0) is 37.2 Å². The number of hydrogen-bond donors (Lipinski definition) is 3. The van der Waals surface area contributed by atoms with Gasteiger partial charge in [-0.15, -0.1) is 0 Å². The summed E-state index contributed by atoms with van der Waals surface area (Å²) in [5.74, 6) is 0.726. The molecule has 4 rings (SSSR count). The molecular weight excluding hydrogens is 402 g/mol. The van der Waals surface area contributed by atoms with Gasteiger partial charge in [0.1, 0.15) is 11.6 Å². The van der Waals surface area contributed by atoms with Gasteiger partial charge in [-0.1, -0.05) is 25.1 Å². The van der Waals surface area contributed by atoms with Gasteiger partial charge in [0.25, 0.3) is 5.91 Å². The zero-order valence-corrected chi connectivity index (χ0v) is 18.5. The van der Waals surface area contributed by atoms with Crippen molar-refractivity contribution in [2.45, 2.75) is 13.3 Å². The van der Waals surface area contributed by atoms with Crippen molar-refractivity contribution in [2.24, 2.45) is 5.73 Å².